The first kappa shape index (κ1) is 22.5. The van der Waals surface area contributed by atoms with Gasteiger partial charge in [-0.1, -0.05) is 48.5 Å². The topological polar surface area (TPSA) is 118 Å². The normalized spacial score (nSPS) is 13.0. The molecule has 170 valence electrons. The molecule has 0 fully saturated rings. The van der Waals surface area contributed by atoms with Gasteiger partial charge in [0, 0.05) is 23.8 Å². The van der Waals surface area contributed by atoms with E-state index in [2.05, 4.69) is 39.9 Å². The summed E-state index contributed by atoms with van der Waals surface area (Å²) in [5, 5.41) is 16.2. The van der Waals surface area contributed by atoms with E-state index in [1.54, 1.807) is 6.92 Å². The highest BCUT2D eigenvalue weighted by atomic mass is 32.1. The van der Waals surface area contributed by atoms with Gasteiger partial charge in [0.1, 0.15) is 11.6 Å². The average molecular weight is 466 g/mol. The van der Waals surface area contributed by atoms with Crippen LogP contribution in [0.1, 0.15) is 45.9 Å². The second-order valence-corrected chi connectivity index (χ2v) is 8.73. The van der Waals surface area contributed by atoms with Gasteiger partial charge in [0.2, 0.25) is 5.91 Å². The van der Waals surface area contributed by atoms with Crippen molar-refractivity contribution >= 4 is 29.3 Å². The lowest BCUT2D eigenvalue weighted by molar-refractivity contribution is -0.121. The molecule has 2 amide bonds. The van der Waals surface area contributed by atoms with Crippen LogP contribution in [0.15, 0.2) is 53.9 Å². The summed E-state index contributed by atoms with van der Waals surface area (Å²) >= 11 is 1.16. The van der Waals surface area contributed by atoms with E-state index in [0.717, 1.165) is 33.6 Å². The monoisotopic (exact) mass is 465 g/mol. The van der Waals surface area contributed by atoms with Crippen LogP contribution < -0.4 is 10.6 Å². The van der Waals surface area contributed by atoms with E-state index in [9.17, 15) is 14.4 Å². The van der Waals surface area contributed by atoms with Crippen molar-refractivity contribution in [3.8, 4) is 11.1 Å². The van der Waals surface area contributed by atoms with Gasteiger partial charge >= 0.3 is 12.1 Å². The van der Waals surface area contributed by atoms with Crippen molar-refractivity contribution in [2.75, 3.05) is 6.61 Å². The lowest BCUT2D eigenvalue weighted by Gasteiger charge is -2.17. The minimum atomic E-state index is -1.11. The molecule has 33 heavy (non-hydrogen) atoms. The fraction of sp³-hybridized carbons (Fsp3) is 0.250. The van der Waals surface area contributed by atoms with Gasteiger partial charge in [-0.3, -0.25) is 4.79 Å². The van der Waals surface area contributed by atoms with Gasteiger partial charge in [0.05, 0.1) is 6.54 Å². The number of hydrogen-bond acceptors (Lipinski definition) is 6. The van der Waals surface area contributed by atoms with Crippen LogP contribution in [-0.2, 0) is 16.1 Å². The van der Waals surface area contributed by atoms with Crippen molar-refractivity contribution < 1.29 is 24.2 Å². The van der Waals surface area contributed by atoms with E-state index in [-0.39, 0.29) is 37.1 Å². The number of thiazole rings is 1. The van der Waals surface area contributed by atoms with E-state index in [1.165, 1.54) is 5.38 Å². The van der Waals surface area contributed by atoms with Crippen LogP contribution >= 0.6 is 11.3 Å². The number of carboxylic acids is 1. The lowest BCUT2D eigenvalue weighted by atomic mass is 9.98. The minimum absolute atomic E-state index is 0.0317. The number of amides is 2. The number of carbonyl (C=O) groups is 3. The van der Waals surface area contributed by atoms with Crippen molar-refractivity contribution in [3.05, 3.63) is 75.7 Å². The fourth-order valence-corrected chi connectivity index (χ4v) is 4.61. The molecule has 1 aliphatic carbocycles. The van der Waals surface area contributed by atoms with Gasteiger partial charge in [0.15, 0.2) is 5.69 Å². The van der Waals surface area contributed by atoms with Gasteiger partial charge in [0.25, 0.3) is 0 Å². The zero-order valence-corrected chi connectivity index (χ0v) is 18.7. The molecule has 0 spiro atoms. The van der Waals surface area contributed by atoms with E-state index in [4.69, 9.17) is 9.84 Å². The van der Waals surface area contributed by atoms with Crippen LogP contribution in [0.5, 0.6) is 0 Å². The summed E-state index contributed by atoms with van der Waals surface area (Å²) in [6, 6.07) is 15.8. The number of carboxylic acid groups (broad SMARTS) is 1. The molecule has 0 aliphatic heterocycles. The molecular formula is C24H23N3O5S. The molecule has 0 radical (unpaired) electrons. The molecule has 0 saturated heterocycles. The molecule has 3 aromatic rings. The van der Waals surface area contributed by atoms with E-state index >= 15 is 0 Å². The second-order valence-electron chi connectivity index (χ2n) is 7.78. The maximum absolute atomic E-state index is 12.3. The Morgan fingerprint density at radius 2 is 1.73 bits per heavy atom. The highest BCUT2D eigenvalue weighted by Crippen LogP contribution is 2.44. The van der Waals surface area contributed by atoms with E-state index in [0.29, 0.717) is 5.01 Å². The molecule has 0 saturated carbocycles. The summed E-state index contributed by atoms with van der Waals surface area (Å²) in [6.07, 6.45) is -0.523. The maximum Gasteiger partial charge on any atom is 0.407 e. The minimum Gasteiger partial charge on any atom is -0.476 e. The van der Waals surface area contributed by atoms with Crippen LogP contribution in [0.3, 0.4) is 0 Å². The molecule has 0 bridgehead atoms. The number of aromatic carboxylic acids is 1. The zero-order valence-electron chi connectivity index (χ0n) is 17.9. The van der Waals surface area contributed by atoms with Gasteiger partial charge < -0.3 is 20.5 Å². The van der Waals surface area contributed by atoms with Crippen LogP contribution in [0.25, 0.3) is 11.1 Å². The molecule has 1 aromatic heterocycles. The van der Waals surface area contributed by atoms with Crippen molar-refractivity contribution in [2.24, 2.45) is 0 Å². The second kappa shape index (κ2) is 9.83. The Hall–Kier alpha value is -3.72. The number of ether oxygens (including phenoxy) is 1. The van der Waals surface area contributed by atoms with E-state index in [1.807, 2.05) is 24.3 Å². The Kier molecular flexibility index (Phi) is 6.69. The van der Waals surface area contributed by atoms with Crippen molar-refractivity contribution in [3.63, 3.8) is 0 Å². The lowest BCUT2D eigenvalue weighted by Crippen LogP contribution is -2.37. The summed E-state index contributed by atoms with van der Waals surface area (Å²) in [5.41, 5.74) is 4.53. The molecule has 1 aliphatic rings. The predicted molar refractivity (Wildman–Crippen MR) is 123 cm³/mol. The van der Waals surface area contributed by atoms with Gasteiger partial charge in [-0.05, 0) is 29.2 Å². The number of aromatic nitrogens is 1. The summed E-state index contributed by atoms with van der Waals surface area (Å²) in [4.78, 5) is 39.3. The Morgan fingerprint density at radius 3 is 2.33 bits per heavy atom. The van der Waals surface area contributed by atoms with Crippen molar-refractivity contribution in [1.29, 1.82) is 0 Å². The molecule has 1 atom stereocenters. The Morgan fingerprint density at radius 1 is 1.09 bits per heavy atom. The Balaban J connectivity index is 1.25. The molecule has 0 unspecified atom stereocenters. The van der Waals surface area contributed by atoms with Crippen LogP contribution in [-0.4, -0.2) is 40.7 Å². The standard InChI is InChI=1S/C24H23N3O5S/c1-14(10-21(28)25-11-22-27-20(13-33-22)23(29)30)26-24(31)32-12-19-17-8-4-2-6-15(17)16-7-3-5-9-18(16)19/h2-9,13-14,19H,10-12H2,1H3,(H,25,28)(H,26,31)(H,29,30)/t14-/m0/s1. The molecule has 3 N–H and O–H groups in total. The quantitative estimate of drug-likeness (QED) is 0.466. The molecule has 9 heteroatoms. The SMILES string of the molecule is C[C@@H](CC(=O)NCc1nc(C(=O)O)cs1)NC(=O)OCC1c2ccccc2-c2ccccc21. The molecular weight excluding hydrogens is 442 g/mol. The maximum atomic E-state index is 12.3. The molecule has 2 aromatic carbocycles. The summed E-state index contributed by atoms with van der Waals surface area (Å²) in [7, 11) is 0. The first-order chi connectivity index (χ1) is 15.9. The predicted octanol–water partition coefficient (Wildman–Crippen LogP) is 3.77. The van der Waals surface area contributed by atoms with Crippen LogP contribution in [0.4, 0.5) is 4.79 Å². The Labute approximate surface area is 194 Å². The van der Waals surface area contributed by atoms with E-state index < -0.39 is 18.1 Å². The molecule has 8 nitrogen and oxygen atoms in total. The number of hydrogen-bond donors (Lipinski definition) is 3. The largest absolute Gasteiger partial charge is 0.476 e. The molecule has 4 rings (SSSR count). The smallest absolute Gasteiger partial charge is 0.407 e. The number of fused-ring (bicyclic) bond motifs is 3. The number of nitrogens with zero attached hydrogens (tertiary/aromatic N) is 1. The van der Waals surface area contributed by atoms with Gasteiger partial charge in [-0.25, -0.2) is 14.6 Å². The van der Waals surface area contributed by atoms with Crippen LogP contribution in [0.2, 0.25) is 0 Å². The number of rotatable bonds is 8. The highest BCUT2D eigenvalue weighted by Gasteiger charge is 2.29. The number of benzene rings is 2. The third-order valence-electron chi connectivity index (χ3n) is 5.41. The summed E-state index contributed by atoms with van der Waals surface area (Å²) in [5.74, 6) is -1.42. The zero-order chi connectivity index (χ0) is 23.4. The van der Waals surface area contributed by atoms with Gasteiger partial charge in [-0.2, -0.15) is 0 Å². The van der Waals surface area contributed by atoms with Gasteiger partial charge in [-0.15, -0.1) is 11.3 Å². The van der Waals surface area contributed by atoms with Crippen molar-refractivity contribution in [2.45, 2.75) is 31.8 Å². The summed E-state index contributed by atoms with van der Waals surface area (Å²) < 4.78 is 5.50. The number of alkyl carbamates (subject to hydrolysis) is 1. The number of carbonyl (C=O) groups excluding carboxylic acids is 2. The fourth-order valence-electron chi connectivity index (χ4n) is 3.91. The highest BCUT2D eigenvalue weighted by molar-refractivity contribution is 7.09. The Bertz CT molecular complexity index is 1150. The summed E-state index contributed by atoms with van der Waals surface area (Å²) in [6.45, 7) is 2.05. The third-order valence-corrected chi connectivity index (χ3v) is 6.26. The average Bonchev–Trinajstić information content (AvgIpc) is 3.39. The third kappa shape index (κ3) is 5.20. The van der Waals surface area contributed by atoms with Crippen LogP contribution in [0, 0.1) is 0 Å². The van der Waals surface area contributed by atoms with Crippen molar-refractivity contribution in [1.82, 2.24) is 15.6 Å². The first-order valence-corrected chi connectivity index (χ1v) is 11.4. The molecule has 1 heterocycles. The number of nitrogens with one attached hydrogen (secondary N) is 2. The first-order valence-electron chi connectivity index (χ1n) is 10.5.